The lowest BCUT2D eigenvalue weighted by Crippen LogP contribution is -2.27. The molecule has 0 bridgehead atoms. The summed E-state index contributed by atoms with van der Waals surface area (Å²) < 4.78 is 41.5. The van der Waals surface area contributed by atoms with Crippen molar-refractivity contribution in [3.63, 3.8) is 0 Å². The van der Waals surface area contributed by atoms with Gasteiger partial charge in [-0.3, -0.25) is 9.89 Å². The molecule has 2 aromatic heterocycles. The van der Waals surface area contributed by atoms with Crippen molar-refractivity contribution in [3.05, 3.63) is 59.1 Å². The number of nitrogens with one attached hydrogen (secondary N) is 1. The molecule has 0 unspecified atom stereocenters. The number of hydrogen-bond donors (Lipinski definition) is 1. The number of halogens is 3. The zero-order chi connectivity index (χ0) is 18.7. The Morgan fingerprint density at radius 3 is 2.73 bits per heavy atom. The van der Waals surface area contributed by atoms with Crippen LogP contribution in [0, 0.1) is 0 Å². The maximum atomic E-state index is 12.5. The molecule has 0 spiro atoms. The number of ether oxygens (including phenoxy) is 1. The van der Waals surface area contributed by atoms with E-state index in [4.69, 9.17) is 0 Å². The SMILES string of the molecule is CN(Cc1ccccc1OC(F)(F)F)C(=O)c1cc(-c2cccs2)[nH]n1. The molecule has 3 rings (SSSR count). The molecule has 0 atom stereocenters. The quantitative estimate of drug-likeness (QED) is 0.717. The molecule has 136 valence electrons. The van der Waals surface area contributed by atoms with Crippen LogP contribution in [-0.4, -0.2) is 34.4 Å². The van der Waals surface area contributed by atoms with Gasteiger partial charge in [0, 0.05) is 19.2 Å². The molecule has 0 aliphatic carbocycles. The van der Waals surface area contributed by atoms with Crippen LogP contribution in [0.1, 0.15) is 16.1 Å². The lowest BCUT2D eigenvalue weighted by molar-refractivity contribution is -0.275. The van der Waals surface area contributed by atoms with Crippen molar-refractivity contribution < 1.29 is 22.7 Å². The highest BCUT2D eigenvalue weighted by Gasteiger charge is 2.32. The van der Waals surface area contributed by atoms with E-state index in [1.54, 1.807) is 12.1 Å². The number of aromatic nitrogens is 2. The number of para-hydroxylation sites is 1. The third-order valence-electron chi connectivity index (χ3n) is 3.54. The normalized spacial score (nSPS) is 11.4. The molecule has 1 amide bonds. The van der Waals surface area contributed by atoms with Crippen LogP contribution in [-0.2, 0) is 6.54 Å². The van der Waals surface area contributed by atoms with Crippen molar-refractivity contribution in [3.8, 4) is 16.3 Å². The molecule has 3 aromatic rings. The molecule has 0 radical (unpaired) electrons. The van der Waals surface area contributed by atoms with E-state index in [9.17, 15) is 18.0 Å². The Balaban J connectivity index is 1.74. The van der Waals surface area contributed by atoms with Gasteiger partial charge in [-0.25, -0.2) is 0 Å². The van der Waals surface area contributed by atoms with E-state index in [2.05, 4.69) is 14.9 Å². The van der Waals surface area contributed by atoms with Crippen molar-refractivity contribution in [2.45, 2.75) is 12.9 Å². The Morgan fingerprint density at radius 1 is 1.27 bits per heavy atom. The lowest BCUT2D eigenvalue weighted by Gasteiger charge is -2.19. The summed E-state index contributed by atoms with van der Waals surface area (Å²) in [5.41, 5.74) is 1.14. The number of benzene rings is 1. The summed E-state index contributed by atoms with van der Waals surface area (Å²) in [6, 6.07) is 11.1. The van der Waals surface area contributed by atoms with Crippen molar-refractivity contribution in [1.82, 2.24) is 15.1 Å². The molecule has 5 nitrogen and oxygen atoms in total. The second-order valence-corrected chi connectivity index (χ2v) is 6.41. The summed E-state index contributed by atoms with van der Waals surface area (Å²) in [4.78, 5) is 14.7. The van der Waals surface area contributed by atoms with Crippen LogP contribution in [0.5, 0.6) is 5.75 Å². The van der Waals surface area contributed by atoms with E-state index in [0.717, 1.165) is 4.88 Å². The third kappa shape index (κ3) is 4.23. The predicted octanol–water partition coefficient (Wildman–Crippen LogP) is 4.31. The molecule has 26 heavy (non-hydrogen) atoms. The largest absolute Gasteiger partial charge is 0.573 e. The molecule has 9 heteroatoms. The Kier molecular flexibility index (Phi) is 4.99. The average Bonchev–Trinajstić information content (AvgIpc) is 3.25. The summed E-state index contributed by atoms with van der Waals surface area (Å²) in [6.45, 7) is -0.0493. The number of rotatable bonds is 5. The second-order valence-electron chi connectivity index (χ2n) is 5.46. The summed E-state index contributed by atoms with van der Waals surface area (Å²) in [7, 11) is 1.49. The van der Waals surface area contributed by atoms with Crippen molar-refractivity contribution in [1.29, 1.82) is 0 Å². The summed E-state index contributed by atoms with van der Waals surface area (Å²) in [5, 5.41) is 8.69. The van der Waals surface area contributed by atoms with Crippen LogP contribution >= 0.6 is 11.3 Å². The van der Waals surface area contributed by atoms with E-state index in [0.29, 0.717) is 5.69 Å². The topological polar surface area (TPSA) is 58.2 Å². The molecule has 2 heterocycles. The van der Waals surface area contributed by atoms with Crippen molar-refractivity contribution in [2.75, 3.05) is 7.05 Å². The minimum atomic E-state index is -4.80. The van der Waals surface area contributed by atoms with Gasteiger partial charge in [0.1, 0.15) is 5.75 Å². The molecule has 0 aliphatic heterocycles. The summed E-state index contributed by atoms with van der Waals surface area (Å²) in [6.07, 6.45) is -4.80. The van der Waals surface area contributed by atoms with Gasteiger partial charge in [0.25, 0.3) is 5.91 Å². The van der Waals surface area contributed by atoms with Gasteiger partial charge in [-0.2, -0.15) is 5.10 Å². The number of alkyl halides is 3. The summed E-state index contributed by atoms with van der Waals surface area (Å²) >= 11 is 1.50. The monoisotopic (exact) mass is 381 g/mol. The Labute approximate surface area is 151 Å². The molecule has 1 aromatic carbocycles. The first-order chi connectivity index (χ1) is 12.3. The van der Waals surface area contributed by atoms with Crippen LogP contribution in [0.15, 0.2) is 47.8 Å². The van der Waals surface area contributed by atoms with Gasteiger partial charge in [-0.1, -0.05) is 24.3 Å². The maximum absolute atomic E-state index is 12.5. The van der Waals surface area contributed by atoms with Gasteiger partial charge in [-0.05, 0) is 23.6 Å². The number of H-pyrrole nitrogens is 1. The number of hydrogen-bond acceptors (Lipinski definition) is 4. The molecular weight excluding hydrogens is 367 g/mol. The zero-order valence-corrected chi connectivity index (χ0v) is 14.4. The first-order valence-electron chi connectivity index (χ1n) is 7.52. The van der Waals surface area contributed by atoms with Crippen LogP contribution in [0.4, 0.5) is 13.2 Å². The van der Waals surface area contributed by atoms with E-state index in [-0.39, 0.29) is 23.6 Å². The summed E-state index contributed by atoms with van der Waals surface area (Å²) in [5.74, 6) is -0.744. The van der Waals surface area contributed by atoms with Gasteiger partial charge in [0.15, 0.2) is 5.69 Å². The zero-order valence-electron chi connectivity index (χ0n) is 13.6. The van der Waals surface area contributed by atoms with Crippen molar-refractivity contribution in [2.24, 2.45) is 0 Å². The fraction of sp³-hybridized carbons (Fsp3) is 0.176. The number of nitrogens with zero attached hydrogens (tertiary/aromatic N) is 2. The molecule has 0 fully saturated rings. The number of carbonyl (C=O) groups excluding carboxylic acids is 1. The van der Waals surface area contributed by atoms with Gasteiger partial charge in [0.05, 0.1) is 10.6 Å². The highest BCUT2D eigenvalue weighted by molar-refractivity contribution is 7.13. The first kappa shape index (κ1) is 18.0. The molecule has 0 saturated heterocycles. The number of aromatic amines is 1. The van der Waals surface area contributed by atoms with Crippen LogP contribution in [0.2, 0.25) is 0 Å². The van der Waals surface area contributed by atoms with E-state index in [1.807, 2.05) is 17.5 Å². The third-order valence-corrected chi connectivity index (χ3v) is 4.44. The standard InChI is InChI=1S/C17H14F3N3O2S/c1-23(10-11-5-2-3-6-14(11)25-17(18,19)20)16(24)13-9-12(21-22-13)15-7-4-8-26-15/h2-9H,10H2,1H3,(H,21,22). The number of thiophene rings is 1. The van der Waals surface area contributed by atoms with Gasteiger partial charge < -0.3 is 9.64 Å². The van der Waals surface area contributed by atoms with Gasteiger partial charge in [0.2, 0.25) is 0 Å². The molecule has 1 N–H and O–H groups in total. The fourth-order valence-electron chi connectivity index (χ4n) is 2.37. The number of carbonyl (C=O) groups is 1. The molecule has 0 aliphatic rings. The maximum Gasteiger partial charge on any atom is 0.573 e. The van der Waals surface area contributed by atoms with Crippen molar-refractivity contribution >= 4 is 17.2 Å². The van der Waals surface area contributed by atoms with Gasteiger partial charge >= 0.3 is 6.36 Å². The minimum absolute atomic E-state index is 0.0493. The molecule has 0 saturated carbocycles. The highest BCUT2D eigenvalue weighted by Crippen LogP contribution is 2.27. The van der Waals surface area contributed by atoms with Gasteiger partial charge in [-0.15, -0.1) is 24.5 Å². The Hall–Kier alpha value is -2.81. The van der Waals surface area contributed by atoms with E-state index >= 15 is 0 Å². The minimum Gasteiger partial charge on any atom is -0.405 e. The molecular formula is C17H14F3N3O2S. The predicted molar refractivity (Wildman–Crippen MR) is 90.8 cm³/mol. The fourth-order valence-corrected chi connectivity index (χ4v) is 3.06. The van der Waals surface area contributed by atoms with E-state index < -0.39 is 12.3 Å². The first-order valence-corrected chi connectivity index (χ1v) is 8.40. The second kappa shape index (κ2) is 7.20. The highest BCUT2D eigenvalue weighted by atomic mass is 32.1. The van der Waals surface area contributed by atoms with Crippen LogP contribution in [0.25, 0.3) is 10.6 Å². The number of amides is 1. The average molecular weight is 381 g/mol. The Bertz CT molecular complexity index is 891. The smallest absolute Gasteiger partial charge is 0.405 e. The van der Waals surface area contributed by atoms with Crippen LogP contribution < -0.4 is 4.74 Å². The lowest BCUT2D eigenvalue weighted by atomic mass is 10.2. The Morgan fingerprint density at radius 2 is 2.04 bits per heavy atom. The van der Waals surface area contributed by atoms with Crippen LogP contribution in [0.3, 0.4) is 0 Å². The van der Waals surface area contributed by atoms with E-state index in [1.165, 1.54) is 41.5 Å².